The van der Waals surface area contributed by atoms with Gasteiger partial charge in [-0.1, -0.05) is 30.3 Å². The summed E-state index contributed by atoms with van der Waals surface area (Å²) in [7, 11) is 0. The van der Waals surface area contributed by atoms with Crippen LogP contribution in [0.5, 0.6) is 0 Å². The lowest BCUT2D eigenvalue weighted by Gasteiger charge is -2.16. The van der Waals surface area contributed by atoms with Gasteiger partial charge in [-0.05, 0) is 19.4 Å². The third-order valence-electron chi connectivity index (χ3n) is 3.34. The van der Waals surface area contributed by atoms with E-state index in [0.29, 0.717) is 5.82 Å². The van der Waals surface area contributed by atoms with Crippen LogP contribution in [0.4, 0.5) is 5.82 Å². The highest BCUT2D eigenvalue weighted by Gasteiger charge is 2.12. The van der Waals surface area contributed by atoms with Crippen LogP contribution >= 0.6 is 0 Å². The van der Waals surface area contributed by atoms with Gasteiger partial charge in [0.2, 0.25) is 0 Å². The van der Waals surface area contributed by atoms with Crippen molar-refractivity contribution >= 4 is 5.82 Å². The molecule has 2 rings (SSSR count). The van der Waals surface area contributed by atoms with Crippen molar-refractivity contribution < 1.29 is 5.11 Å². The predicted molar refractivity (Wildman–Crippen MR) is 81.6 cm³/mol. The molecule has 21 heavy (non-hydrogen) atoms. The maximum absolute atomic E-state index is 12.0. The molecule has 0 unspecified atom stereocenters. The molecule has 0 aliphatic carbocycles. The number of hydrogen-bond donors (Lipinski definition) is 3. The first-order valence-electron chi connectivity index (χ1n) is 6.81. The number of aromatic nitrogens is 2. The lowest BCUT2D eigenvalue weighted by molar-refractivity contribution is 0.232. The van der Waals surface area contributed by atoms with E-state index in [4.69, 9.17) is 5.11 Å². The van der Waals surface area contributed by atoms with Gasteiger partial charge in [-0.15, -0.1) is 0 Å². The Kier molecular flexibility index (Phi) is 4.59. The fraction of sp³-hybridized carbons (Fsp3) is 0.333. The Labute approximate surface area is 122 Å². The zero-order chi connectivity index (χ0) is 15.4. The van der Waals surface area contributed by atoms with Crippen molar-refractivity contribution in [3.8, 4) is 0 Å². The normalized spacial score (nSPS) is 13.7. The molecule has 0 fully saturated rings. The summed E-state index contributed by atoms with van der Waals surface area (Å²) in [5, 5.41) is 12.2. The molecule has 112 valence electrons. The van der Waals surface area contributed by atoms with Crippen molar-refractivity contribution in [3.63, 3.8) is 0 Å². The van der Waals surface area contributed by atoms with Gasteiger partial charge < -0.3 is 10.4 Å². The molecule has 0 aliphatic heterocycles. The molecule has 0 amide bonds. The van der Waals surface area contributed by atoms with Gasteiger partial charge in [-0.3, -0.25) is 14.3 Å². The van der Waals surface area contributed by atoms with Crippen LogP contribution in [0.3, 0.4) is 0 Å². The summed E-state index contributed by atoms with van der Waals surface area (Å²) in [6.45, 7) is 3.28. The molecule has 0 aliphatic rings. The number of nitrogens with one attached hydrogen (secondary N) is 2. The third kappa shape index (κ3) is 3.41. The van der Waals surface area contributed by atoms with Crippen molar-refractivity contribution in [2.24, 2.45) is 0 Å². The Morgan fingerprint density at radius 1 is 1.24 bits per heavy atom. The Balaban J connectivity index is 2.27. The van der Waals surface area contributed by atoms with Gasteiger partial charge in [0, 0.05) is 12.1 Å². The van der Waals surface area contributed by atoms with Gasteiger partial charge in [-0.2, -0.15) is 0 Å². The van der Waals surface area contributed by atoms with Crippen molar-refractivity contribution in [2.45, 2.75) is 25.9 Å². The predicted octanol–water partition coefficient (Wildman–Crippen LogP) is 1.26. The molecule has 2 atom stereocenters. The van der Waals surface area contributed by atoms with Crippen LogP contribution in [-0.4, -0.2) is 21.3 Å². The second-order valence-corrected chi connectivity index (χ2v) is 5.00. The third-order valence-corrected chi connectivity index (χ3v) is 3.34. The van der Waals surface area contributed by atoms with Crippen LogP contribution in [0.15, 0.2) is 46.0 Å². The number of rotatable bonds is 5. The van der Waals surface area contributed by atoms with E-state index in [2.05, 4.69) is 10.3 Å². The quantitative estimate of drug-likeness (QED) is 0.773. The van der Waals surface area contributed by atoms with Gasteiger partial charge in [0.1, 0.15) is 5.82 Å². The number of benzene rings is 1. The minimum absolute atomic E-state index is 0.0487. The van der Waals surface area contributed by atoms with Crippen LogP contribution in [-0.2, 0) is 0 Å². The van der Waals surface area contributed by atoms with Gasteiger partial charge >= 0.3 is 5.69 Å². The van der Waals surface area contributed by atoms with E-state index in [9.17, 15) is 9.59 Å². The molecule has 0 saturated heterocycles. The number of aliphatic hydroxyl groups is 1. The van der Waals surface area contributed by atoms with E-state index in [0.717, 1.165) is 10.1 Å². The number of aliphatic hydroxyl groups excluding tert-OH is 1. The topological polar surface area (TPSA) is 87.1 Å². The average molecular weight is 289 g/mol. The zero-order valence-corrected chi connectivity index (χ0v) is 12.0. The molecule has 1 aromatic heterocycles. The summed E-state index contributed by atoms with van der Waals surface area (Å²) in [6.07, 6.45) is 0. The average Bonchev–Trinajstić information content (AvgIpc) is 2.47. The zero-order valence-electron chi connectivity index (χ0n) is 12.0. The van der Waals surface area contributed by atoms with Crippen LogP contribution in [0, 0.1) is 0 Å². The Morgan fingerprint density at radius 3 is 2.48 bits per heavy atom. The van der Waals surface area contributed by atoms with E-state index >= 15 is 0 Å². The highest BCUT2D eigenvalue weighted by atomic mass is 16.3. The van der Waals surface area contributed by atoms with Crippen LogP contribution in [0.2, 0.25) is 0 Å². The molecule has 0 bridgehead atoms. The summed E-state index contributed by atoms with van der Waals surface area (Å²) in [5.74, 6) is 0.364. The summed E-state index contributed by atoms with van der Waals surface area (Å²) in [4.78, 5) is 26.5. The Hall–Kier alpha value is -2.34. The van der Waals surface area contributed by atoms with Crippen molar-refractivity contribution in [3.05, 3.63) is 62.8 Å². The minimum atomic E-state index is -0.554. The minimum Gasteiger partial charge on any atom is -0.394 e. The molecule has 3 N–H and O–H groups in total. The highest BCUT2D eigenvalue weighted by molar-refractivity contribution is 5.36. The first-order valence-corrected chi connectivity index (χ1v) is 6.81. The first-order chi connectivity index (χ1) is 10.0. The van der Waals surface area contributed by atoms with Gasteiger partial charge in [0.05, 0.1) is 12.6 Å². The SMILES string of the molecule is C[C@H](Nc1cc(=O)n([C@@H](C)CO)c(=O)[nH]1)c1ccccc1. The number of nitrogens with zero attached hydrogens (tertiary/aromatic N) is 1. The van der Waals surface area contributed by atoms with Gasteiger partial charge in [-0.25, -0.2) is 4.79 Å². The Morgan fingerprint density at radius 2 is 1.90 bits per heavy atom. The van der Waals surface area contributed by atoms with Crippen LogP contribution < -0.4 is 16.6 Å². The lowest BCUT2D eigenvalue weighted by Crippen LogP contribution is -2.38. The molecular formula is C15H19N3O3. The number of aromatic amines is 1. The monoisotopic (exact) mass is 289 g/mol. The molecule has 0 saturated carbocycles. The summed E-state index contributed by atoms with van der Waals surface area (Å²) in [5.41, 5.74) is 0.0705. The van der Waals surface area contributed by atoms with E-state index in [1.54, 1.807) is 6.92 Å². The largest absolute Gasteiger partial charge is 0.394 e. The standard InChI is InChI=1S/C15H19N3O3/c1-10(9-19)18-14(20)8-13(17-15(18)21)16-11(2)12-6-4-3-5-7-12/h3-8,10-11,16,19H,9H2,1-2H3,(H,17,21)/t10-,11-/m0/s1. The van der Waals surface area contributed by atoms with E-state index in [-0.39, 0.29) is 12.6 Å². The molecule has 1 aromatic carbocycles. The number of H-pyrrole nitrogens is 1. The molecule has 0 spiro atoms. The fourth-order valence-electron chi connectivity index (χ4n) is 2.14. The fourth-order valence-corrected chi connectivity index (χ4v) is 2.14. The molecule has 2 aromatic rings. The maximum Gasteiger partial charge on any atom is 0.330 e. The van der Waals surface area contributed by atoms with Gasteiger partial charge in [0.15, 0.2) is 0 Å². The second kappa shape index (κ2) is 6.41. The summed E-state index contributed by atoms with van der Waals surface area (Å²) >= 11 is 0. The smallest absolute Gasteiger partial charge is 0.330 e. The van der Waals surface area contributed by atoms with Crippen molar-refractivity contribution in [1.29, 1.82) is 0 Å². The molecule has 0 radical (unpaired) electrons. The maximum atomic E-state index is 12.0. The summed E-state index contributed by atoms with van der Waals surface area (Å²) in [6, 6.07) is 10.4. The molecule has 6 nitrogen and oxygen atoms in total. The van der Waals surface area contributed by atoms with Gasteiger partial charge in [0.25, 0.3) is 5.56 Å². The number of hydrogen-bond acceptors (Lipinski definition) is 4. The van der Waals surface area contributed by atoms with E-state index in [1.807, 2.05) is 37.3 Å². The second-order valence-electron chi connectivity index (χ2n) is 5.00. The van der Waals surface area contributed by atoms with Crippen molar-refractivity contribution in [2.75, 3.05) is 11.9 Å². The highest BCUT2D eigenvalue weighted by Crippen LogP contribution is 2.15. The summed E-state index contributed by atoms with van der Waals surface area (Å²) < 4.78 is 0.998. The van der Waals surface area contributed by atoms with Crippen molar-refractivity contribution in [1.82, 2.24) is 9.55 Å². The van der Waals surface area contributed by atoms with Crippen LogP contribution in [0.1, 0.15) is 31.5 Å². The molecular weight excluding hydrogens is 270 g/mol. The van der Waals surface area contributed by atoms with E-state index in [1.165, 1.54) is 6.07 Å². The lowest BCUT2D eigenvalue weighted by atomic mass is 10.1. The number of anilines is 1. The molecule has 1 heterocycles. The van der Waals surface area contributed by atoms with Crippen LogP contribution in [0.25, 0.3) is 0 Å². The Bertz CT molecular complexity index is 675. The first kappa shape index (κ1) is 15.1. The van der Waals surface area contributed by atoms with E-state index < -0.39 is 17.3 Å². The molecule has 6 heteroatoms.